The minimum absolute atomic E-state index is 0.00875. The largest absolute Gasteiger partial charge is 0.360 e. The molecule has 3 heterocycles. The van der Waals surface area contributed by atoms with Gasteiger partial charge in [0.05, 0.1) is 28.8 Å². The van der Waals surface area contributed by atoms with E-state index >= 15 is 0 Å². The van der Waals surface area contributed by atoms with E-state index in [0.717, 1.165) is 0 Å². The first kappa shape index (κ1) is 25.2. The molecule has 0 aliphatic carbocycles. The number of fused-ring (bicyclic) bond motifs is 1. The van der Waals surface area contributed by atoms with Gasteiger partial charge in [-0.05, 0) is 39.0 Å². The number of likely N-dealkylation sites (N-methyl/N-ethyl adjacent to an activating group) is 1. The van der Waals surface area contributed by atoms with Crippen molar-refractivity contribution in [3.63, 3.8) is 0 Å². The van der Waals surface area contributed by atoms with Crippen molar-refractivity contribution in [2.45, 2.75) is 37.9 Å². The Labute approximate surface area is 208 Å². The van der Waals surface area contributed by atoms with Crippen molar-refractivity contribution in [1.29, 1.82) is 0 Å². The predicted molar refractivity (Wildman–Crippen MR) is 132 cm³/mol. The number of benzene rings is 1. The highest BCUT2D eigenvalue weighted by atomic mass is 32.2. The molecule has 0 bridgehead atoms. The molecular weight excluding hydrogens is 484 g/mol. The van der Waals surface area contributed by atoms with Crippen LogP contribution in [-0.2, 0) is 19.4 Å². The Balaban J connectivity index is 1.56. The zero-order valence-electron chi connectivity index (χ0n) is 20.2. The van der Waals surface area contributed by atoms with Crippen molar-refractivity contribution in [2.24, 2.45) is 4.99 Å². The molecule has 1 aliphatic heterocycles. The van der Waals surface area contributed by atoms with Gasteiger partial charge in [-0.1, -0.05) is 29.4 Å². The fraction of sp³-hybridized carbons (Fsp3) is 0.292. The number of benzodiazepines with no additional fused rings is 1. The Morgan fingerprint density at radius 1 is 1.17 bits per heavy atom. The van der Waals surface area contributed by atoms with Crippen LogP contribution in [-0.4, -0.2) is 61.2 Å². The molecule has 2 amide bonds. The van der Waals surface area contributed by atoms with Crippen molar-refractivity contribution >= 4 is 33.1 Å². The number of aliphatic imine (C=N–C) groups is 1. The number of para-hydroxylation sites is 1. The lowest BCUT2D eigenvalue weighted by molar-refractivity contribution is -0.128. The fourth-order valence-electron chi connectivity index (χ4n) is 3.90. The summed E-state index contributed by atoms with van der Waals surface area (Å²) in [5.74, 6) is -1.38. The standard InChI is InChI=1S/C24H26N6O5S/c1-14-21(16(3)35-29-14)36(33,34)13-26-15(2)23(31)28-22-24(32)30(4)19-11-6-5-9-17(19)20(27-22)18-10-7-8-12-25-18/h5-12,15,22,26H,13H2,1-4H3,(H,28,31). The van der Waals surface area contributed by atoms with Gasteiger partial charge >= 0.3 is 0 Å². The third-order valence-corrected chi connectivity index (χ3v) is 7.53. The minimum Gasteiger partial charge on any atom is -0.360 e. The molecule has 2 atom stereocenters. The number of carbonyl (C=O) groups is 2. The van der Waals surface area contributed by atoms with Gasteiger partial charge in [0.2, 0.25) is 12.1 Å². The first-order valence-corrected chi connectivity index (χ1v) is 12.8. The number of rotatable bonds is 7. The van der Waals surface area contributed by atoms with E-state index in [1.54, 1.807) is 31.4 Å². The molecular formula is C24H26N6O5S. The van der Waals surface area contributed by atoms with Crippen LogP contribution in [0.3, 0.4) is 0 Å². The van der Waals surface area contributed by atoms with Gasteiger partial charge < -0.3 is 14.7 Å². The van der Waals surface area contributed by atoms with Crippen molar-refractivity contribution in [2.75, 3.05) is 17.8 Å². The van der Waals surface area contributed by atoms with Crippen LogP contribution in [0.5, 0.6) is 0 Å². The summed E-state index contributed by atoms with van der Waals surface area (Å²) in [5.41, 5.74) is 2.56. The highest BCUT2D eigenvalue weighted by Crippen LogP contribution is 2.26. The van der Waals surface area contributed by atoms with E-state index in [4.69, 9.17) is 4.52 Å². The SMILES string of the molecule is Cc1noc(C)c1S(=O)(=O)CNC(C)C(=O)NC1N=C(c2ccccn2)c2ccccc2N(C)C1=O. The molecule has 1 aromatic carbocycles. The van der Waals surface area contributed by atoms with Crippen molar-refractivity contribution < 1.29 is 22.5 Å². The summed E-state index contributed by atoms with van der Waals surface area (Å²) in [7, 11) is -2.20. The number of amides is 2. The molecule has 3 aromatic rings. The maximum absolute atomic E-state index is 13.2. The van der Waals surface area contributed by atoms with Gasteiger partial charge in [-0.15, -0.1) is 0 Å². The summed E-state index contributed by atoms with van der Waals surface area (Å²) in [5, 5.41) is 9.01. The van der Waals surface area contributed by atoms with Crippen LogP contribution in [0.4, 0.5) is 5.69 Å². The lowest BCUT2D eigenvalue weighted by Gasteiger charge is -2.22. The van der Waals surface area contributed by atoms with E-state index in [1.807, 2.05) is 24.3 Å². The summed E-state index contributed by atoms with van der Waals surface area (Å²) in [4.78, 5) is 36.6. The Morgan fingerprint density at radius 2 is 1.89 bits per heavy atom. The molecule has 0 radical (unpaired) electrons. The molecule has 0 saturated carbocycles. The van der Waals surface area contributed by atoms with Crippen molar-refractivity contribution in [3.05, 3.63) is 71.4 Å². The Kier molecular flexibility index (Phi) is 7.00. The summed E-state index contributed by atoms with van der Waals surface area (Å²) in [6, 6.07) is 11.7. The van der Waals surface area contributed by atoms with Crippen LogP contribution >= 0.6 is 0 Å². The number of aryl methyl sites for hydroxylation is 2. The lowest BCUT2D eigenvalue weighted by Crippen LogP contribution is -2.52. The number of nitrogens with one attached hydrogen (secondary N) is 2. The number of nitrogens with zero attached hydrogens (tertiary/aromatic N) is 4. The van der Waals surface area contributed by atoms with Crippen LogP contribution in [0.2, 0.25) is 0 Å². The number of carbonyl (C=O) groups excluding carboxylic acids is 2. The van der Waals surface area contributed by atoms with E-state index in [1.165, 1.54) is 25.7 Å². The molecule has 11 nitrogen and oxygen atoms in total. The molecule has 2 unspecified atom stereocenters. The van der Waals surface area contributed by atoms with E-state index < -0.39 is 39.7 Å². The number of anilines is 1. The van der Waals surface area contributed by atoms with Crippen molar-refractivity contribution in [3.8, 4) is 0 Å². The quantitative estimate of drug-likeness (QED) is 0.484. The van der Waals surface area contributed by atoms with Gasteiger partial charge in [0.1, 0.15) is 10.8 Å². The average molecular weight is 511 g/mol. The van der Waals surface area contributed by atoms with Gasteiger partial charge in [0.15, 0.2) is 15.6 Å². The van der Waals surface area contributed by atoms with Gasteiger partial charge in [0, 0.05) is 18.8 Å². The second-order valence-corrected chi connectivity index (χ2v) is 10.3. The van der Waals surface area contributed by atoms with Gasteiger partial charge in [-0.3, -0.25) is 19.9 Å². The monoisotopic (exact) mass is 510 g/mol. The third kappa shape index (κ3) is 4.90. The number of pyridine rings is 1. The van der Waals surface area contributed by atoms with Crippen LogP contribution in [0.15, 0.2) is 63.1 Å². The summed E-state index contributed by atoms with van der Waals surface area (Å²) in [6.07, 6.45) is 0.380. The second kappa shape index (κ2) is 9.99. The Hall–Kier alpha value is -3.90. The molecule has 36 heavy (non-hydrogen) atoms. The molecule has 1 aliphatic rings. The maximum Gasteiger partial charge on any atom is 0.272 e. The van der Waals surface area contributed by atoms with Gasteiger partial charge in [0.25, 0.3) is 5.91 Å². The van der Waals surface area contributed by atoms with Crippen LogP contribution in [0.25, 0.3) is 0 Å². The van der Waals surface area contributed by atoms with Gasteiger partial charge in [-0.25, -0.2) is 13.4 Å². The lowest BCUT2D eigenvalue weighted by atomic mass is 10.0. The number of hydrogen-bond acceptors (Lipinski definition) is 9. The summed E-state index contributed by atoms with van der Waals surface area (Å²) in [6.45, 7) is 4.54. The predicted octanol–water partition coefficient (Wildman–Crippen LogP) is 1.35. The molecule has 2 N–H and O–H groups in total. The molecule has 0 fully saturated rings. The van der Waals surface area contributed by atoms with Crippen molar-refractivity contribution in [1.82, 2.24) is 20.8 Å². The Bertz CT molecular complexity index is 1410. The molecule has 2 aromatic heterocycles. The van der Waals surface area contributed by atoms with E-state index in [9.17, 15) is 18.0 Å². The van der Waals surface area contributed by atoms with E-state index in [2.05, 4.69) is 25.8 Å². The number of hydrogen-bond donors (Lipinski definition) is 2. The maximum atomic E-state index is 13.2. The third-order valence-electron chi connectivity index (χ3n) is 5.78. The zero-order valence-corrected chi connectivity index (χ0v) is 21.0. The first-order chi connectivity index (χ1) is 17.1. The van der Waals surface area contributed by atoms with E-state index in [-0.39, 0.29) is 16.3 Å². The normalized spacial score (nSPS) is 16.7. The zero-order chi connectivity index (χ0) is 26.0. The molecule has 188 valence electrons. The molecule has 4 rings (SSSR count). The van der Waals surface area contributed by atoms with Crippen LogP contribution < -0.4 is 15.5 Å². The summed E-state index contributed by atoms with van der Waals surface area (Å²) >= 11 is 0. The second-order valence-electron chi connectivity index (χ2n) is 8.36. The summed E-state index contributed by atoms with van der Waals surface area (Å²) < 4.78 is 30.4. The smallest absolute Gasteiger partial charge is 0.272 e. The average Bonchev–Trinajstić information content (AvgIpc) is 3.18. The number of sulfone groups is 1. The highest BCUT2D eigenvalue weighted by molar-refractivity contribution is 7.91. The fourth-order valence-corrected chi connectivity index (χ4v) is 5.48. The van der Waals surface area contributed by atoms with Crippen LogP contribution in [0, 0.1) is 13.8 Å². The van der Waals surface area contributed by atoms with E-state index in [0.29, 0.717) is 22.7 Å². The van der Waals surface area contributed by atoms with Crippen LogP contribution in [0.1, 0.15) is 29.6 Å². The molecule has 12 heteroatoms. The molecule has 0 saturated heterocycles. The minimum atomic E-state index is -3.80. The highest BCUT2D eigenvalue weighted by Gasteiger charge is 2.32. The Morgan fingerprint density at radius 3 is 2.56 bits per heavy atom. The number of aromatic nitrogens is 2. The molecule has 0 spiro atoms. The first-order valence-electron chi connectivity index (χ1n) is 11.2. The topological polar surface area (TPSA) is 147 Å². The van der Waals surface area contributed by atoms with Gasteiger partial charge in [-0.2, -0.15) is 0 Å².